The van der Waals surface area contributed by atoms with Crippen LogP contribution < -0.4 is 5.32 Å². The van der Waals surface area contributed by atoms with E-state index in [1.54, 1.807) is 0 Å². The van der Waals surface area contributed by atoms with Gasteiger partial charge in [0.2, 0.25) is 0 Å². The summed E-state index contributed by atoms with van der Waals surface area (Å²) in [6.45, 7) is 4.04. The van der Waals surface area contributed by atoms with E-state index >= 15 is 0 Å². The lowest BCUT2D eigenvalue weighted by molar-refractivity contribution is -0.169. The Morgan fingerprint density at radius 1 is 1.28 bits per heavy atom. The zero-order chi connectivity index (χ0) is 17.9. The molecule has 0 radical (unpaired) electrons. The first-order valence-electron chi connectivity index (χ1n) is 8.54. The summed E-state index contributed by atoms with van der Waals surface area (Å²) in [6.07, 6.45) is -0.766. The summed E-state index contributed by atoms with van der Waals surface area (Å²) in [5.41, 5.74) is 0.924. The number of rotatable bonds is 6. The van der Waals surface area contributed by atoms with Crippen molar-refractivity contribution in [2.24, 2.45) is 0 Å². The SMILES string of the molecule is CC1(C)OC2C(O1)[C@H](NC(=O)OCc1ccccc1)C[C@@H]2OCCO. The Hall–Kier alpha value is -1.67. The number of carbonyl (C=O) groups is 1. The van der Waals surface area contributed by atoms with Gasteiger partial charge in [0.15, 0.2) is 5.79 Å². The van der Waals surface area contributed by atoms with Gasteiger partial charge in [0.05, 0.1) is 25.4 Å². The van der Waals surface area contributed by atoms with Crippen molar-refractivity contribution in [3.63, 3.8) is 0 Å². The van der Waals surface area contributed by atoms with Crippen molar-refractivity contribution in [2.75, 3.05) is 13.2 Å². The van der Waals surface area contributed by atoms with Crippen molar-refractivity contribution >= 4 is 6.09 Å². The highest BCUT2D eigenvalue weighted by Crippen LogP contribution is 2.39. The second-order valence-corrected chi connectivity index (χ2v) is 6.75. The Bertz CT molecular complexity index is 578. The lowest BCUT2D eigenvalue weighted by Crippen LogP contribution is -2.43. The molecule has 7 nitrogen and oxygen atoms in total. The fraction of sp³-hybridized carbons (Fsp3) is 0.611. The van der Waals surface area contributed by atoms with Crippen molar-refractivity contribution < 1.29 is 28.8 Å². The van der Waals surface area contributed by atoms with Gasteiger partial charge in [-0.15, -0.1) is 0 Å². The van der Waals surface area contributed by atoms with Gasteiger partial charge in [-0.3, -0.25) is 0 Å². The average molecular weight is 351 g/mol. The molecule has 1 aromatic carbocycles. The quantitative estimate of drug-likeness (QED) is 0.809. The molecule has 2 N–H and O–H groups in total. The number of aliphatic hydroxyl groups is 1. The number of carbonyl (C=O) groups excluding carboxylic acids is 1. The van der Waals surface area contributed by atoms with E-state index in [-0.39, 0.29) is 44.2 Å². The lowest BCUT2D eigenvalue weighted by Gasteiger charge is -2.23. The van der Waals surface area contributed by atoms with Crippen molar-refractivity contribution in [2.45, 2.75) is 57.0 Å². The van der Waals surface area contributed by atoms with E-state index in [9.17, 15) is 4.79 Å². The van der Waals surface area contributed by atoms with Crippen LogP contribution in [0.1, 0.15) is 25.8 Å². The molecule has 2 aliphatic rings. The maximum atomic E-state index is 12.1. The van der Waals surface area contributed by atoms with Gasteiger partial charge in [0.25, 0.3) is 0 Å². The number of alkyl carbamates (subject to hydrolysis) is 1. The van der Waals surface area contributed by atoms with Gasteiger partial charge in [-0.1, -0.05) is 30.3 Å². The highest BCUT2D eigenvalue weighted by molar-refractivity contribution is 5.67. The van der Waals surface area contributed by atoms with E-state index in [4.69, 9.17) is 24.1 Å². The third kappa shape index (κ3) is 4.49. The van der Waals surface area contributed by atoms with E-state index in [0.717, 1.165) is 5.56 Å². The number of hydrogen-bond donors (Lipinski definition) is 2. The Balaban J connectivity index is 1.56. The second kappa shape index (κ2) is 7.70. The molecule has 1 aliphatic heterocycles. The Labute approximate surface area is 147 Å². The number of benzene rings is 1. The summed E-state index contributed by atoms with van der Waals surface area (Å²) in [7, 11) is 0. The van der Waals surface area contributed by atoms with Crippen LogP contribution in [-0.4, -0.2) is 54.6 Å². The molecule has 3 rings (SSSR count). The molecule has 1 saturated heterocycles. The minimum absolute atomic E-state index is 0.0602. The molecule has 2 fully saturated rings. The van der Waals surface area contributed by atoms with Gasteiger partial charge in [-0.2, -0.15) is 0 Å². The zero-order valence-corrected chi connectivity index (χ0v) is 14.5. The first kappa shape index (κ1) is 18.1. The van der Waals surface area contributed by atoms with Crippen molar-refractivity contribution in [1.29, 1.82) is 0 Å². The van der Waals surface area contributed by atoms with Crippen LogP contribution in [-0.2, 0) is 25.6 Å². The minimum Gasteiger partial charge on any atom is -0.445 e. The van der Waals surface area contributed by atoms with Crippen LogP contribution in [0.25, 0.3) is 0 Å². The molecule has 0 bridgehead atoms. The third-order valence-electron chi connectivity index (χ3n) is 4.35. The van der Waals surface area contributed by atoms with Gasteiger partial charge >= 0.3 is 6.09 Å². The van der Waals surface area contributed by atoms with Gasteiger partial charge in [0.1, 0.15) is 18.8 Å². The van der Waals surface area contributed by atoms with Crippen LogP contribution in [0.3, 0.4) is 0 Å². The second-order valence-electron chi connectivity index (χ2n) is 6.75. The molecule has 2 unspecified atom stereocenters. The number of aliphatic hydroxyl groups excluding tert-OH is 1. The maximum Gasteiger partial charge on any atom is 0.407 e. The lowest BCUT2D eigenvalue weighted by atomic mass is 10.2. The highest BCUT2D eigenvalue weighted by atomic mass is 16.8. The van der Waals surface area contributed by atoms with Crippen LogP contribution in [0.5, 0.6) is 0 Å². The van der Waals surface area contributed by atoms with Crippen molar-refractivity contribution in [1.82, 2.24) is 5.32 Å². The standard InChI is InChI=1S/C18H25NO6/c1-18(2)24-15-13(10-14(16(15)25-18)22-9-8-20)19-17(21)23-11-12-6-4-3-5-7-12/h3-7,13-16,20H,8-11H2,1-2H3,(H,19,21)/t13-,14+,15?,16?/m1/s1. The van der Waals surface area contributed by atoms with Gasteiger partial charge < -0.3 is 29.4 Å². The fourth-order valence-corrected chi connectivity index (χ4v) is 3.36. The van der Waals surface area contributed by atoms with E-state index < -0.39 is 11.9 Å². The zero-order valence-electron chi connectivity index (χ0n) is 14.5. The minimum atomic E-state index is -0.732. The molecule has 1 heterocycles. The topological polar surface area (TPSA) is 86.3 Å². The van der Waals surface area contributed by atoms with E-state index in [0.29, 0.717) is 6.42 Å². The third-order valence-corrected chi connectivity index (χ3v) is 4.35. The molecule has 0 spiro atoms. The normalized spacial score (nSPS) is 30.0. The number of nitrogens with one attached hydrogen (secondary N) is 1. The summed E-state index contributed by atoms with van der Waals surface area (Å²) < 4.78 is 22.8. The van der Waals surface area contributed by atoms with Crippen LogP contribution >= 0.6 is 0 Å². The van der Waals surface area contributed by atoms with E-state index in [2.05, 4.69) is 5.32 Å². The highest BCUT2D eigenvalue weighted by Gasteiger charge is 2.55. The van der Waals surface area contributed by atoms with Gasteiger partial charge in [-0.05, 0) is 25.8 Å². The molecule has 138 valence electrons. The smallest absolute Gasteiger partial charge is 0.407 e. The fourth-order valence-electron chi connectivity index (χ4n) is 3.36. The first-order chi connectivity index (χ1) is 12.0. The molecule has 4 atom stereocenters. The van der Waals surface area contributed by atoms with E-state index in [1.165, 1.54) is 0 Å². The summed E-state index contributed by atoms with van der Waals surface area (Å²) in [6, 6.07) is 9.23. The molecule has 25 heavy (non-hydrogen) atoms. The summed E-state index contributed by atoms with van der Waals surface area (Å²) in [5.74, 6) is -0.732. The monoisotopic (exact) mass is 351 g/mol. The number of fused-ring (bicyclic) bond motifs is 1. The molecule has 7 heteroatoms. The largest absolute Gasteiger partial charge is 0.445 e. The number of amides is 1. The molecule has 1 aliphatic carbocycles. The van der Waals surface area contributed by atoms with Crippen molar-refractivity contribution in [3.8, 4) is 0 Å². The maximum absolute atomic E-state index is 12.1. The Morgan fingerprint density at radius 2 is 2.00 bits per heavy atom. The first-order valence-corrected chi connectivity index (χ1v) is 8.54. The summed E-state index contributed by atoms with van der Waals surface area (Å²) in [4.78, 5) is 12.1. The Kier molecular flexibility index (Phi) is 5.58. The molecule has 0 aromatic heterocycles. The molecule has 1 saturated carbocycles. The van der Waals surface area contributed by atoms with Gasteiger partial charge in [0, 0.05) is 0 Å². The summed E-state index contributed by atoms with van der Waals surface area (Å²) in [5, 5.41) is 11.8. The van der Waals surface area contributed by atoms with Gasteiger partial charge in [-0.25, -0.2) is 4.79 Å². The van der Waals surface area contributed by atoms with Crippen LogP contribution in [0, 0.1) is 0 Å². The predicted octanol–water partition coefficient (Wildman–Crippen LogP) is 1.58. The predicted molar refractivity (Wildman–Crippen MR) is 88.8 cm³/mol. The molecular formula is C18H25NO6. The van der Waals surface area contributed by atoms with Crippen molar-refractivity contribution in [3.05, 3.63) is 35.9 Å². The van der Waals surface area contributed by atoms with Crippen LogP contribution in [0.15, 0.2) is 30.3 Å². The number of ether oxygens (including phenoxy) is 4. The number of hydrogen-bond acceptors (Lipinski definition) is 6. The molecule has 1 aromatic rings. The summed E-state index contributed by atoms with van der Waals surface area (Å²) >= 11 is 0. The van der Waals surface area contributed by atoms with Crippen LogP contribution in [0.2, 0.25) is 0 Å². The molecule has 1 amide bonds. The van der Waals surface area contributed by atoms with E-state index in [1.807, 2.05) is 44.2 Å². The van der Waals surface area contributed by atoms with Crippen LogP contribution in [0.4, 0.5) is 4.79 Å². The Morgan fingerprint density at radius 3 is 2.72 bits per heavy atom. The average Bonchev–Trinajstić information content (AvgIpc) is 3.06. The molecular weight excluding hydrogens is 326 g/mol.